The van der Waals surface area contributed by atoms with Gasteiger partial charge in [0, 0.05) is 12.0 Å². The molecule has 90 valence electrons. The second-order valence-corrected chi connectivity index (χ2v) is 5.05. The minimum Gasteiger partial charge on any atom is -0.330 e. The van der Waals surface area contributed by atoms with Crippen LogP contribution in [0.4, 0.5) is 0 Å². The normalized spacial score (nSPS) is 13.8. The van der Waals surface area contributed by atoms with E-state index in [-0.39, 0.29) is 5.41 Å². The van der Waals surface area contributed by atoms with Crippen LogP contribution >= 0.6 is 0 Å². The Morgan fingerprint density at radius 3 is 2.44 bits per heavy atom. The Balaban J connectivity index is 3.03. The Bertz CT molecular complexity index is 327. The monoisotopic (exact) mass is 220 g/mol. The van der Waals surface area contributed by atoms with Crippen LogP contribution in [0.15, 0.2) is 24.3 Å². The predicted octanol–water partition coefficient (Wildman–Crippen LogP) is 2.38. The van der Waals surface area contributed by atoms with Gasteiger partial charge in [-0.25, -0.2) is 0 Å². The zero-order valence-electron chi connectivity index (χ0n) is 10.7. The van der Waals surface area contributed by atoms with E-state index in [2.05, 4.69) is 45.0 Å². The number of rotatable bonds is 5. The molecule has 0 radical (unpaired) electrons. The molecule has 0 fully saturated rings. The van der Waals surface area contributed by atoms with Crippen LogP contribution in [0, 0.1) is 0 Å². The molecule has 0 amide bonds. The number of benzene rings is 1. The lowest BCUT2D eigenvalue weighted by atomic mass is 9.82. The van der Waals surface area contributed by atoms with Gasteiger partial charge in [0.15, 0.2) is 0 Å². The van der Waals surface area contributed by atoms with Crippen LogP contribution in [-0.2, 0) is 5.41 Å². The van der Waals surface area contributed by atoms with E-state index < -0.39 is 0 Å². The summed E-state index contributed by atoms with van der Waals surface area (Å²) in [4.78, 5) is 0. The summed E-state index contributed by atoms with van der Waals surface area (Å²) in [6.07, 6.45) is 1.09. The quantitative estimate of drug-likeness (QED) is 0.800. The van der Waals surface area contributed by atoms with Gasteiger partial charge in [0.05, 0.1) is 0 Å². The van der Waals surface area contributed by atoms with Crippen molar-refractivity contribution in [3.05, 3.63) is 35.4 Å². The third-order valence-electron chi connectivity index (χ3n) is 3.43. The van der Waals surface area contributed by atoms with Crippen molar-refractivity contribution in [3.8, 4) is 0 Å². The minimum absolute atomic E-state index is 0.0445. The summed E-state index contributed by atoms with van der Waals surface area (Å²) >= 11 is 0. The zero-order valence-corrected chi connectivity index (χ0v) is 10.7. The van der Waals surface area contributed by atoms with Crippen LogP contribution in [0.1, 0.15) is 44.2 Å². The molecule has 0 saturated heterocycles. The van der Waals surface area contributed by atoms with Crippen molar-refractivity contribution in [1.82, 2.24) is 0 Å². The van der Waals surface area contributed by atoms with Gasteiger partial charge in [0.2, 0.25) is 0 Å². The molecule has 0 saturated carbocycles. The second kappa shape index (κ2) is 5.46. The Labute approximate surface area is 99.0 Å². The van der Waals surface area contributed by atoms with Crippen LogP contribution in [0.2, 0.25) is 0 Å². The smallest absolute Gasteiger partial charge is 0.00191 e. The van der Waals surface area contributed by atoms with Crippen LogP contribution < -0.4 is 11.5 Å². The van der Waals surface area contributed by atoms with Crippen molar-refractivity contribution >= 4 is 0 Å². The fraction of sp³-hybridized carbons (Fsp3) is 0.571. The highest BCUT2D eigenvalue weighted by atomic mass is 14.6. The first-order chi connectivity index (χ1) is 7.55. The molecule has 2 heteroatoms. The first-order valence-electron chi connectivity index (χ1n) is 6.05. The first-order valence-corrected chi connectivity index (χ1v) is 6.05. The molecule has 4 N–H and O–H groups in total. The summed E-state index contributed by atoms with van der Waals surface area (Å²) in [6.45, 7) is 7.90. The molecule has 1 aromatic carbocycles. The number of hydrogen-bond acceptors (Lipinski definition) is 2. The Morgan fingerprint density at radius 1 is 1.25 bits per heavy atom. The van der Waals surface area contributed by atoms with Crippen molar-refractivity contribution in [1.29, 1.82) is 0 Å². The molecule has 0 bridgehead atoms. The lowest BCUT2D eigenvalue weighted by Crippen LogP contribution is -2.28. The van der Waals surface area contributed by atoms with Gasteiger partial charge in [-0.2, -0.15) is 0 Å². The van der Waals surface area contributed by atoms with E-state index >= 15 is 0 Å². The number of hydrogen-bond donors (Lipinski definition) is 2. The van der Waals surface area contributed by atoms with Gasteiger partial charge in [-0.3, -0.25) is 0 Å². The molecular weight excluding hydrogens is 196 g/mol. The van der Waals surface area contributed by atoms with E-state index in [1.165, 1.54) is 11.1 Å². The van der Waals surface area contributed by atoms with Gasteiger partial charge in [0.1, 0.15) is 0 Å². The molecule has 0 aromatic heterocycles. The Kier molecular flexibility index (Phi) is 4.51. The van der Waals surface area contributed by atoms with E-state index in [4.69, 9.17) is 11.5 Å². The summed E-state index contributed by atoms with van der Waals surface area (Å²) in [5.74, 6) is 0.466. The van der Waals surface area contributed by atoms with Crippen molar-refractivity contribution in [2.45, 2.75) is 38.5 Å². The van der Waals surface area contributed by atoms with Crippen molar-refractivity contribution in [2.24, 2.45) is 11.5 Å². The molecule has 1 atom stereocenters. The van der Waals surface area contributed by atoms with Gasteiger partial charge in [0.25, 0.3) is 0 Å². The zero-order chi connectivity index (χ0) is 12.2. The summed E-state index contributed by atoms with van der Waals surface area (Å²) in [5.41, 5.74) is 14.3. The standard InChI is InChI=1S/C14H24N2/c1-4-11(9-15)12-6-5-7-13(8-12)14(2,3)10-16/h5-8,11H,4,9-10,15-16H2,1-3H3. The maximum atomic E-state index is 5.80. The molecule has 1 unspecified atom stereocenters. The molecule has 0 aliphatic heterocycles. The van der Waals surface area contributed by atoms with Gasteiger partial charge in [-0.05, 0) is 30.0 Å². The lowest BCUT2D eigenvalue weighted by molar-refractivity contribution is 0.537. The van der Waals surface area contributed by atoms with Crippen molar-refractivity contribution in [2.75, 3.05) is 13.1 Å². The van der Waals surface area contributed by atoms with E-state index in [0.717, 1.165) is 6.42 Å². The topological polar surface area (TPSA) is 52.0 Å². The molecule has 1 rings (SSSR count). The molecular formula is C14H24N2. The van der Waals surface area contributed by atoms with Gasteiger partial charge >= 0.3 is 0 Å². The highest BCUT2D eigenvalue weighted by molar-refractivity contribution is 5.31. The number of nitrogens with two attached hydrogens (primary N) is 2. The van der Waals surface area contributed by atoms with Crippen molar-refractivity contribution < 1.29 is 0 Å². The molecule has 0 heterocycles. The van der Waals surface area contributed by atoms with E-state index in [1.54, 1.807) is 0 Å². The Morgan fingerprint density at radius 2 is 1.94 bits per heavy atom. The van der Waals surface area contributed by atoms with Crippen LogP contribution in [0.5, 0.6) is 0 Å². The third-order valence-corrected chi connectivity index (χ3v) is 3.43. The van der Waals surface area contributed by atoms with Crippen molar-refractivity contribution in [3.63, 3.8) is 0 Å². The van der Waals surface area contributed by atoms with Gasteiger partial charge < -0.3 is 11.5 Å². The Hall–Kier alpha value is -0.860. The van der Waals surface area contributed by atoms with Gasteiger partial charge in [-0.15, -0.1) is 0 Å². The molecule has 0 spiro atoms. The minimum atomic E-state index is 0.0445. The lowest BCUT2D eigenvalue weighted by Gasteiger charge is -2.24. The largest absolute Gasteiger partial charge is 0.330 e. The van der Waals surface area contributed by atoms with Crippen LogP contribution in [0.3, 0.4) is 0 Å². The third kappa shape index (κ3) is 2.83. The van der Waals surface area contributed by atoms with Crippen LogP contribution in [0.25, 0.3) is 0 Å². The SMILES string of the molecule is CCC(CN)c1cccc(C(C)(C)CN)c1. The fourth-order valence-corrected chi connectivity index (χ4v) is 1.87. The molecule has 16 heavy (non-hydrogen) atoms. The fourth-order valence-electron chi connectivity index (χ4n) is 1.87. The average Bonchev–Trinajstić information content (AvgIpc) is 2.31. The predicted molar refractivity (Wildman–Crippen MR) is 70.6 cm³/mol. The highest BCUT2D eigenvalue weighted by Gasteiger charge is 2.19. The summed E-state index contributed by atoms with van der Waals surface area (Å²) < 4.78 is 0. The molecule has 0 aliphatic carbocycles. The maximum Gasteiger partial charge on any atom is 0.00191 e. The average molecular weight is 220 g/mol. The maximum absolute atomic E-state index is 5.80. The van der Waals surface area contributed by atoms with Gasteiger partial charge in [-0.1, -0.05) is 45.0 Å². The van der Waals surface area contributed by atoms with E-state index in [9.17, 15) is 0 Å². The van der Waals surface area contributed by atoms with E-state index in [0.29, 0.717) is 19.0 Å². The summed E-state index contributed by atoms with van der Waals surface area (Å²) in [6, 6.07) is 8.69. The van der Waals surface area contributed by atoms with Crippen LogP contribution in [-0.4, -0.2) is 13.1 Å². The molecule has 1 aromatic rings. The van der Waals surface area contributed by atoms with E-state index in [1.807, 2.05) is 0 Å². The molecule has 2 nitrogen and oxygen atoms in total. The first kappa shape index (κ1) is 13.2. The summed E-state index contributed by atoms with van der Waals surface area (Å²) in [5, 5.41) is 0. The summed E-state index contributed by atoms with van der Waals surface area (Å²) in [7, 11) is 0. The second-order valence-electron chi connectivity index (χ2n) is 5.05. The highest BCUT2D eigenvalue weighted by Crippen LogP contribution is 2.26. The molecule has 0 aliphatic rings.